The van der Waals surface area contributed by atoms with Gasteiger partial charge in [0.25, 0.3) is 0 Å². The summed E-state index contributed by atoms with van der Waals surface area (Å²) in [5.74, 6) is 0.928. The maximum Gasteiger partial charge on any atom is 0.241 e. The summed E-state index contributed by atoms with van der Waals surface area (Å²) < 4.78 is 6.13. The molecule has 0 unspecified atom stereocenters. The van der Waals surface area contributed by atoms with Gasteiger partial charge in [0.15, 0.2) is 0 Å². The maximum atomic E-state index is 12.0. The molecule has 1 aromatic carbocycles. The molecule has 1 aromatic rings. The minimum absolute atomic E-state index is 0.168. The third-order valence-electron chi connectivity index (χ3n) is 3.30. The van der Waals surface area contributed by atoms with E-state index in [1.807, 2.05) is 23.1 Å². The Morgan fingerprint density at radius 3 is 2.79 bits per heavy atom. The van der Waals surface area contributed by atoms with Crippen LogP contribution in [0.2, 0.25) is 0 Å². The summed E-state index contributed by atoms with van der Waals surface area (Å²) in [5.41, 5.74) is 0.894. The number of nitrogens with zero attached hydrogens (tertiary/aromatic N) is 1. The van der Waals surface area contributed by atoms with Crippen LogP contribution in [0.4, 0.5) is 5.69 Å². The average molecular weight is 327 g/mol. The summed E-state index contributed by atoms with van der Waals surface area (Å²) in [6.45, 7) is 2.12. The van der Waals surface area contributed by atoms with Crippen molar-refractivity contribution in [2.75, 3.05) is 32.1 Å². The molecule has 1 aliphatic rings. The molecule has 0 aliphatic carbocycles. The van der Waals surface area contributed by atoms with E-state index in [-0.39, 0.29) is 5.91 Å². The summed E-state index contributed by atoms with van der Waals surface area (Å²) in [4.78, 5) is 14.0. The lowest BCUT2D eigenvalue weighted by Crippen LogP contribution is -2.39. The van der Waals surface area contributed by atoms with Crippen LogP contribution < -0.4 is 10.1 Å². The number of carbonyl (C=O) groups excluding carboxylic acids is 1. The highest BCUT2D eigenvalue weighted by Crippen LogP contribution is 2.27. The number of anilines is 1. The molecule has 5 heteroatoms. The number of hydrogen-bond acceptors (Lipinski definition) is 3. The van der Waals surface area contributed by atoms with Crippen LogP contribution in [-0.2, 0) is 4.79 Å². The predicted molar refractivity (Wildman–Crippen MR) is 79.6 cm³/mol. The smallest absolute Gasteiger partial charge is 0.241 e. The standard InChI is InChI=1S/C14H19BrN2O2/c1-19-13-9-11(5-6-12(13)15)16-10-14(18)17-7-3-2-4-8-17/h5-6,9,16H,2-4,7-8,10H2,1H3. The van der Waals surface area contributed by atoms with E-state index in [0.29, 0.717) is 6.54 Å². The molecule has 0 radical (unpaired) electrons. The minimum atomic E-state index is 0.168. The molecule has 1 fully saturated rings. The SMILES string of the molecule is COc1cc(NCC(=O)N2CCCCC2)ccc1Br. The number of ether oxygens (including phenoxy) is 1. The van der Waals surface area contributed by atoms with Crippen molar-refractivity contribution in [2.45, 2.75) is 19.3 Å². The van der Waals surface area contributed by atoms with E-state index in [1.54, 1.807) is 7.11 Å². The summed E-state index contributed by atoms with van der Waals surface area (Å²) >= 11 is 3.41. The Balaban J connectivity index is 1.89. The summed E-state index contributed by atoms with van der Waals surface area (Å²) in [7, 11) is 1.63. The Morgan fingerprint density at radius 1 is 1.37 bits per heavy atom. The highest BCUT2D eigenvalue weighted by molar-refractivity contribution is 9.10. The van der Waals surface area contributed by atoms with Crippen LogP contribution in [0.5, 0.6) is 5.75 Å². The Morgan fingerprint density at radius 2 is 2.11 bits per heavy atom. The lowest BCUT2D eigenvalue weighted by molar-refractivity contribution is -0.130. The number of amides is 1. The molecule has 1 N–H and O–H groups in total. The van der Waals surface area contributed by atoms with Gasteiger partial charge in [-0.25, -0.2) is 0 Å². The van der Waals surface area contributed by atoms with Crippen LogP contribution in [0, 0.1) is 0 Å². The van der Waals surface area contributed by atoms with Gasteiger partial charge in [-0.3, -0.25) is 4.79 Å². The van der Waals surface area contributed by atoms with Gasteiger partial charge in [-0.15, -0.1) is 0 Å². The zero-order valence-electron chi connectivity index (χ0n) is 11.1. The highest BCUT2D eigenvalue weighted by atomic mass is 79.9. The molecule has 1 saturated heterocycles. The quantitative estimate of drug-likeness (QED) is 0.925. The Bertz CT molecular complexity index is 445. The zero-order chi connectivity index (χ0) is 13.7. The van der Waals surface area contributed by atoms with Gasteiger partial charge < -0.3 is 15.0 Å². The number of methoxy groups -OCH3 is 1. The molecule has 2 rings (SSSR count). The molecule has 0 saturated carbocycles. The maximum absolute atomic E-state index is 12.0. The second-order valence-corrected chi connectivity index (χ2v) is 5.50. The topological polar surface area (TPSA) is 41.6 Å². The van der Waals surface area contributed by atoms with Crippen molar-refractivity contribution in [3.8, 4) is 5.75 Å². The van der Waals surface area contributed by atoms with Crippen molar-refractivity contribution in [2.24, 2.45) is 0 Å². The first-order chi connectivity index (χ1) is 9.20. The number of carbonyl (C=O) groups is 1. The normalized spacial score (nSPS) is 15.2. The number of halogens is 1. The van der Waals surface area contributed by atoms with Crippen LogP contribution in [0.15, 0.2) is 22.7 Å². The fourth-order valence-electron chi connectivity index (χ4n) is 2.20. The van der Waals surface area contributed by atoms with E-state index < -0.39 is 0 Å². The van der Waals surface area contributed by atoms with Crippen LogP contribution in [0.1, 0.15) is 19.3 Å². The first kappa shape index (κ1) is 14.2. The summed E-state index contributed by atoms with van der Waals surface area (Å²) in [5, 5.41) is 3.15. The van der Waals surface area contributed by atoms with Gasteiger partial charge >= 0.3 is 0 Å². The lowest BCUT2D eigenvalue weighted by Gasteiger charge is -2.26. The van der Waals surface area contributed by atoms with Crippen LogP contribution in [0.25, 0.3) is 0 Å². The predicted octanol–water partition coefficient (Wildman–Crippen LogP) is 2.88. The first-order valence-electron chi connectivity index (χ1n) is 6.56. The van der Waals surface area contributed by atoms with Gasteiger partial charge in [0.2, 0.25) is 5.91 Å². The number of hydrogen-bond donors (Lipinski definition) is 1. The van der Waals surface area contributed by atoms with Gasteiger partial charge in [-0.1, -0.05) is 0 Å². The second kappa shape index (κ2) is 6.80. The molecule has 0 bridgehead atoms. The minimum Gasteiger partial charge on any atom is -0.495 e. The van der Waals surface area contributed by atoms with E-state index >= 15 is 0 Å². The summed E-state index contributed by atoms with van der Waals surface area (Å²) in [6.07, 6.45) is 3.48. The van der Waals surface area contributed by atoms with Crippen molar-refractivity contribution in [3.63, 3.8) is 0 Å². The van der Waals surface area contributed by atoms with Gasteiger partial charge in [-0.05, 0) is 47.3 Å². The molecular weight excluding hydrogens is 308 g/mol. The van der Waals surface area contributed by atoms with E-state index in [2.05, 4.69) is 21.2 Å². The van der Waals surface area contributed by atoms with Gasteiger partial charge in [0, 0.05) is 24.8 Å². The average Bonchev–Trinajstić information content (AvgIpc) is 2.47. The highest BCUT2D eigenvalue weighted by Gasteiger charge is 2.15. The molecule has 0 atom stereocenters. The van der Waals surface area contributed by atoms with E-state index in [0.717, 1.165) is 41.8 Å². The molecule has 0 aromatic heterocycles. The molecule has 1 amide bonds. The third-order valence-corrected chi connectivity index (χ3v) is 3.96. The van der Waals surface area contributed by atoms with Gasteiger partial charge in [0.1, 0.15) is 5.75 Å². The van der Waals surface area contributed by atoms with Gasteiger partial charge in [0.05, 0.1) is 18.1 Å². The zero-order valence-corrected chi connectivity index (χ0v) is 12.7. The van der Waals surface area contributed by atoms with Crippen molar-refractivity contribution in [1.82, 2.24) is 4.90 Å². The number of rotatable bonds is 4. The number of benzene rings is 1. The fourth-order valence-corrected chi connectivity index (χ4v) is 2.61. The molecule has 0 spiro atoms. The number of nitrogens with one attached hydrogen (secondary N) is 1. The largest absolute Gasteiger partial charge is 0.495 e. The third kappa shape index (κ3) is 3.86. The van der Waals surface area contributed by atoms with Crippen LogP contribution in [0.3, 0.4) is 0 Å². The molecule has 19 heavy (non-hydrogen) atoms. The summed E-state index contributed by atoms with van der Waals surface area (Å²) in [6, 6.07) is 5.72. The Kier molecular flexibility index (Phi) is 5.07. The number of likely N-dealkylation sites (tertiary alicyclic amines) is 1. The Hall–Kier alpha value is -1.23. The fraction of sp³-hybridized carbons (Fsp3) is 0.500. The molecule has 1 heterocycles. The molecular formula is C14H19BrN2O2. The van der Waals surface area contributed by atoms with E-state index in [1.165, 1.54) is 6.42 Å². The first-order valence-corrected chi connectivity index (χ1v) is 7.35. The second-order valence-electron chi connectivity index (χ2n) is 4.64. The van der Waals surface area contributed by atoms with Crippen molar-refractivity contribution in [3.05, 3.63) is 22.7 Å². The molecule has 4 nitrogen and oxygen atoms in total. The van der Waals surface area contributed by atoms with Crippen LogP contribution in [-0.4, -0.2) is 37.6 Å². The molecule has 104 valence electrons. The van der Waals surface area contributed by atoms with E-state index in [4.69, 9.17) is 4.74 Å². The van der Waals surface area contributed by atoms with Crippen molar-refractivity contribution < 1.29 is 9.53 Å². The van der Waals surface area contributed by atoms with E-state index in [9.17, 15) is 4.79 Å². The lowest BCUT2D eigenvalue weighted by atomic mass is 10.1. The van der Waals surface area contributed by atoms with Crippen LogP contribution >= 0.6 is 15.9 Å². The van der Waals surface area contributed by atoms with Crippen molar-refractivity contribution >= 4 is 27.5 Å². The molecule has 1 aliphatic heterocycles. The number of piperidine rings is 1. The monoisotopic (exact) mass is 326 g/mol. The van der Waals surface area contributed by atoms with Crippen molar-refractivity contribution in [1.29, 1.82) is 0 Å². The Labute approximate surface area is 122 Å². The van der Waals surface area contributed by atoms with Gasteiger partial charge in [-0.2, -0.15) is 0 Å².